The maximum Gasteiger partial charge on any atom is 0.263 e. The monoisotopic (exact) mass is 331 g/mol. The summed E-state index contributed by atoms with van der Waals surface area (Å²) >= 11 is 5.64. The Hall–Kier alpha value is -1.57. The first kappa shape index (κ1) is 15.8. The Morgan fingerprint density at radius 2 is 2.05 bits per heavy atom. The fourth-order valence-corrected chi connectivity index (χ4v) is 3.18. The van der Waals surface area contributed by atoms with Gasteiger partial charge in [0.1, 0.15) is 10.7 Å². The van der Waals surface area contributed by atoms with Crippen LogP contribution in [-0.4, -0.2) is 20.0 Å². The first-order valence-corrected chi connectivity index (χ1v) is 7.97. The molecule has 0 saturated heterocycles. The molecule has 2 rings (SSSR count). The van der Waals surface area contributed by atoms with Crippen molar-refractivity contribution >= 4 is 27.3 Å². The molecule has 2 aromatic rings. The molecule has 114 valence electrons. The molecule has 8 heteroatoms. The van der Waals surface area contributed by atoms with Crippen LogP contribution in [0.1, 0.15) is 5.69 Å². The molecule has 0 spiro atoms. The Balaban J connectivity index is 2.32. The van der Waals surface area contributed by atoms with Crippen molar-refractivity contribution < 1.29 is 12.8 Å². The van der Waals surface area contributed by atoms with E-state index < -0.39 is 15.8 Å². The second-order valence-corrected chi connectivity index (χ2v) is 6.66. The molecule has 0 aliphatic carbocycles. The van der Waals surface area contributed by atoms with Gasteiger partial charge in [0.05, 0.1) is 5.69 Å². The van der Waals surface area contributed by atoms with E-state index in [1.165, 1.54) is 24.4 Å². The minimum Gasteiger partial charge on any atom is -0.352 e. The van der Waals surface area contributed by atoms with Crippen LogP contribution in [0.4, 0.5) is 10.1 Å². The smallest absolute Gasteiger partial charge is 0.263 e. The average molecular weight is 332 g/mol. The normalized spacial score (nSPS) is 11.6. The van der Waals surface area contributed by atoms with Crippen molar-refractivity contribution in [3.8, 4) is 0 Å². The molecular weight excluding hydrogens is 317 g/mol. The van der Waals surface area contributed by atoms with Crippen LogP contribution >= 0.6 is 11.6 Å². The summed E-state index contributed by atoms with van der Waals surface area (Å²) in [5, 5.41) is 3.14. The third-order valence-corrected chi connectivity index (χ3v) is 4.49. The number of nitrogens with one attached hydrogen (secondary N) is 2. The highest BCUT2D eigenvalue weighted by molar-refractivity contribution is 7.92. The quantitative estimate of drug-likeness (QED) is 0.884. The van der Waals surface area contributed by atoms with E-state index in [9.17, 15) is 12.8 Å². The van der Waals surface area contributed by atoms with Gasteiger partial charge in [-0.25, -0.2) is 12.8 Å². The minimum atomic E-state index is -3.85. The number of sulfonamides is 1. The van der Waals surface area contributed by atoms with Gasteiger partial charge in [-0.1, -0.05) is 11.6 Å². The second-order valence-electron chi connectivity index (χ2n) is 4.54. The molecule has 0 fully saturated rings. The molecule has 0 aliphatic heterocycles. The molecule has 1 heterocycles. The number of aryl methyl sites for hydroxylation is 1. The summed E-state index contributed by atoms with van der Waals surface area (Å²) in [4.78, 5) is 0.0737. The van der Waals surface area contributed by atoms with Crippen molar-refractivity contribution in [3.63, 3.8) is 0 Å². The molecule has 0 atom stereocenters. The first-order valence-electron chi connectivity index (χ1n) is 6.11. The molecule has 0 amide bonds. The van der Waals surface area contributed by atoms with Crippen LogP contribution in [0.15, 0.2) is 35.4 Å². The lowest BCUT2D eigenvalue weighted by Crippen LogP contribution is -2.13. The van der Waals surface area contributed by atoms with Crippen molar-refractivity contribution in [2.45, 2.75) is 11.4 Å². The Morgan fingerprint density at radius 3 is 2.67 bits per heavy atom. The first-order chi connectivity index (χ1) is 9.83. The third kappa shape index (κ3) is 3.55. The van der Waals surface area contributed by atoms with Gasteiger partial charge < -0.3 is 9.88 Å². The highest BCUT2D eigenvalue weighted by Crippen LogP contribution is 2.23. The number of aromatic nitrogens is 1. The van der Waals surface area contributed by atoms with Crippen LogP contribution in [-0.2, 0) is 23.6 Å². The van der Waals surface area contributed by atoms with Crippen molar-refractivity contribution in [1.82, 2.24) is 9.88 Å². The predicted octanol–water partition coefficient (Wildman–Crippen LogP) is 2.34. The van der Waals surface area contributed by atoms with Gasteiger partial charge in [0.2, 0.25) is 0 Å². The summed E-state index contributed by atoms with van der Waals surface area (Å²) in [6, 6.07) is 5.29. The lowest BCUT2D eigenvalue weighted by atomic mass is 10.3. The van der Waals surface area contributed by atoms with Crippen molar-refractivity contribution in [2.24, 2.45) is 7.05 Å². The van der Waals surface area contributed by atoms with E-state index in [0.717, 1.165) is 11.8 Å². The molecule has 21 heavy (non-hydrogen) atoms. The Bertz CT molecular complexity index is 759. The largest absolute Gasteiger partial charge is 0.352 e. The maximum absolute atomic E-state index is 13.7. The second kappa shape index (κ2) is 6.05. The molecule has 0 unspecified atom stereocenters. The van der Waals surface area contributed by atoms with Crippen LogP contribution in [0.25, 0.3) is 0 Å². The van der Waals surface area contributed by atoms with Crippen LogP contribution in [0.3, 0.4) is 0 Å². The lowest BCUT2D eigenvalue weighted by molar-refractivity contribution is 0.598. The van der Waals surface area contributed by atoms with Crippen molar-refractivity contribution in [2.75, 3.05) is 11.8 Å². The molecule has 5 nitrogen and oxygen atoms in total. The molecule has 0 radical (unpaired) electrons. The Morgan fingerprint density at radius 1 is 1.33 bits per heavy atom. The number of nitrogens with zero attached hydrogens (tertiary/aromatic N) is 1. The summed E-state index contributed by atoms with van der Waals surface area (Å²) in [5.74, 6) is -0.725. The minimum absolute atomic E-state index is 0.0737. The Kier molecular flexibility index (Phi) is 4.55. The highest BCUT2D eigenvalue weighted by Gasteiger charge is 2.19. The van der Waals surface area contributed by atoms with E-state index in [-0.39, 0.29) is 15.6 Å². The molecule has 2 N–H and O–H groups in total. The van der Waals surface area contributed by atoms with Crippen LogP contribution in [0.2, 0.25) is 5.02 Å². The van der Waals surface area contributed by atoms with Crippen LogP contribution in [0, 0.1) is 5.82 Å². The summed E-state index contributed by atoms with van der Waals surface area (Å²) in [6.07, 6.45) is 1.48. The fourth-order valence-electron chi connectivity index (χ4n) is 1.86. The van der Waals surface area contributed by atoms with Gasteiger partial charge >= 0.3 is 0 Å². The van der Waals surface area contributed by atoms with Crippen LogP contribution in [0.5, 0.6) is 0 Å². The number of benzene rings is 1. The van der Waals surface area contributed by atoms with E-state index in [0.29, 0.717) is 6.54 Å². The predicted molar refractivity (Wildman–Crippen MR) is 80.4 cm³/mol. The number of anilines is 1. The zero-order valence-corrected chi connectivity index (χ0v) is 13.1. The topological polar surface area (TPSA) is 63.1 Å². The molecule has 1 aromatic heterocycles. The van der Waals surface area contributed by atoms with Gasteiger partial charge in [0.15, 0.2) is 0 Å². The molecule has 1 aromatic carbocycles. The lowest BCUT2D eigenvalue weighted by Gasteiger charge is -2.07. The van der Waals surface area contributed by atoms with Gasteiger partial charge in [-0.2, -0.15) is 0 Å². The molecular formula is C13H15ClFN3O2S. The summed E-state index contributed by atoms with van der Waals surface area (Å²) < 4.78 is 42.1. The maximum atomic E-state index is 13.7. The van der Waals surface area contributed by atoms with Gasteiger partial charge in [0, 0.05) is 30.5 Å². The van der Waals surface area contributed by atoms with Gasteiger partial charge in [0.25, 0.3) is 10.0 Å². The molecule has 0 aliphatic rings. The SMILES string of the molecule is CNCc1cc(S(=O)(=O)Nc2ccc(Cl)cc2F)cn1C. The average Bonchev–Trinajstić information content (AvgIpc) is 2.76. The van der Waals surface area contributed by atoms with E-state index in [2.05, 4.69) is 10.0 Å². The molecule has 0 saturated carbocycles. The summed E-state index contributed by atoms with van der Waals surface area (Å²) in [6.45, 7) is 0.529. The zero-order valence-electron chi connectivity index (χ0n) is 11.5. The zero-order chi connectivity index (χ0) is 15.6. The number of hydrogen-bond acceptors (Lipinski definition) is 3. The van der Waals surface area contributed by atoms with E-state index in [4.69, 9.17) is 11.6 Å². The van der Waals surface area contributed by atoms with Gasteiger partial charge in [-0.05, 0) is 31.3 Å². The third-order valence-electron chi connectivity index (χ3n) is 2.93. The van der Waals surface area contributed by atoms with Crippen LogP contribution < -0.4 is 10.0 Å². The van der Waals surface area contributed by atoms with Crippen molar-refractivity contribution in [1.29, 1.82) is 0 Å². The van der Waals surface area contributed by atoms with E-state index in [1.54, 1.807) is 18.7 Å². The standard InChI is InChI=1S/C13H15ClFN3O2S/c1-16-7-10-6-11(8-18(10)2)21(19,20)17-13-4-3-9(14)5-12(13)15/h3-6,8,16-17H,7H2,1-2H3. The van der Waals surface area contributed by atoms with E-state index >= 15 is 0 Å². The Labute approximate surface area is 127 Å². The van der Waals surface area contributed by atoms with Gasteiger partial charge in [-0.3, -0.25) is 4.72 Å². The number of halogens is 2. The van der Waals surface area contributed by atoms with Gasteiger partial charge in [-0.15, -0.1) is 0 Å². The number of hydrogen-bond donors (Lipinski definition) is 2. The fraction of sp³-hybridized carbons (Fsp3) is 0.231. The van der Waals surface area contributed by atoms with E-state index in [1.807, 2.05) is 0 Å². The molecule has 0 bridgehead atoms. The highest BCUT2D eigenvalue weighted by atomic mass is 35.5. The summed E-state index contributed by atoms with van der Waals surface area (Å²) in [7, 11) is -0.339. The number of rotatable bonds is 5. The summed E-state index contributed by atoms with van der Waals surface area (Å²) in [5.41, 5.74) is 0.660. The van der Waals surface area contributed by atoms with Crippen molar-refractivity contribution in [3.05, 3.63) is 47.0 Å².